The summed E-state index contributed by atoms with van der Waals surface area (Å²) in [5, 5.41) is 13.2. The van der Waals surface area contributed by atoms with Crippen molar-refractivity contribution in [2.75, 3.05) is 0 Å². The van der Waals surface area contributed by atoms with Crippen LogP contribution in [-0.4, -0.2) is 22.8 Å². The molecule has 1 rings (SSSR count). The molecule has 0 radical (unpaired) electrons. The molecule has 18 heavy (non-hydrogen) atoms. The molecule has 0 aromatic heterocycles. The van der Waals surface area contributed by atoms with E-state index in [1.54, 1.807) is 6.92 Å². The van der Waals surface area contributed by atoms with E-state index >= 15 is 0 Å². The summed E-state index contributed by atoms with van der Waals surface area (Å²) in [6, 6.07) is -0.719. The third-order valence-corrected chi connectivity index (χ3v) is 4.66. The second kappa shape index (κ2) is 4.59. The minimum Gasteiger partial charge on any atom is -0.481 e. The van der Waals surface area contributed by atoms with Crippen molar-refractivity contribution in [1.29, 1.82) is 0 Å². The molecular formula is C12H21N3O3. The van der Waals surface area contributed by atoms with Gasteiger partial charge < -0.3 is 10.8 Å². The first-order chi connectivity index (χ1) is 8.13. The summed E-state index contributed by atoms with van der Waals surface area (Å²) in [7, 11) is 0. The number of carbonyl (C=O) groups is 2. The van der Waals surface area contributed by atoms with Gasteiger partial charge in [0, 0.05) is 11.1 Å². The molecule has 2 atom stereocenters. The van der Waals surface area contributed by atoms with Crippen LogP contribution in [0.15, 0.2) is 5.10 Å². The van der Waals surface area contributed by atoms with E-state index in [9.17, 15) is 14.7 Å². The fourth-order valence-corrected chi connectivity index (χ4v) is 2.84. The quantitative estimate of drug-likeness (QED) is 0.526. The standard InChI is InChI=1S/C12H21N3O3/c1-7(14-15-10(13)18)12(4)6-5-8(9(16)17)11(12,2)3/h8H,5-6H2,1-4H3,(H,16,17)(H3,13,15,18)/b14-7-/t8-,12+/m1/s1. The molecule has 102 valence electrons. The van der Waals surface area contributed by atoms with Crippen molar-refractivity contribution >= 4 is 17.7 Å². The number of hydrogen-bond donors (Lipinski definition) is 3. The fraction of sp³-hybridized carbons (Fsp3) is 0.750. The molecular weight excluding hydrogens is 234 g/mol. The van der Waals surface area contributed by atoms with E-state index in [-0.39, 0.29) is 5.41 Å². The second-order valence-electron chi connectivity index (χ2n) is 5.66. The molecule has 1 aliphatic carbocycles. The maximum atomic E-state index is 11.3. The number of hydrazone groups is 1. The molecule has 4 N–H and O–H groups in total. The van der Waals surface area contributed by atoms with Crippen molar-refractivity contribution in [3.8, 4) is 0 Å². The number of amides is 2. The number of carboxylic acid groups (broad SMARTS) is 1. The topological polar surface area (TPSA) is 105 Å². The Morgan fingerprint density at radius 1 is 1.39 bits per heavy atom. The number of nitrogens with one attached hydrogen (secondary N) is 1. The molecule has 6 nitrogen and oxygen atoms in total. The van der Waals surface area contributed by atoms with Gasteiger partial charge in [0.05, 0.1) is 5.92 Å². The zero-order valence-electron chi connectivity index (χ0n) is 11.3. The Labute approximate surface area is 107 Å². The summed E-state index contributed by atoms with van der Waals surface area (Å²) in [5.74, 6) is -1.18. The number of carbonyl (C=O) groups excluding carboxylic acids is 1. The number of nitrogens with zero attached hydrogens (tertiary/aromatic N) is 1. The van der Waals surface area contributed by atoms with E-state index in [1.807, 2.05) is 20.8 Å². The van der Waals surface area contributed by atoms with Gasteiger partial charge in [0.2, 0.25) is 0 Å². The fourth-order valence-electron chi connectivity index (χ4n) is 2.84. The largest absolute Gasteiger partial charge is 0.481 e. The average Bonchev–Trinajstić information content (AvgIpc) is 2.47. The summed E-state index contributed by atoms with van der Waals surface area (Å²) in [6.07, 6.45) is 1.34. The summed E-state index contributed by atoms with van der Waals surface area (Å²) in [6.45, 7) is 7.64. The highest BCUT2D eigenvalue weighted by molar-refractivity contribution is 5.91. The van der Waals surface area contributed by atoms with E-state index in [4.69, 9.17) is 5.73 Å². The van der Waals surface area contributed by atoms with Gasteiger partial charge in [0.25, 0.3) is 0 Å². The molecule has 6 heteroatoms. The van der Waals surface area contributed by atoms with Crippen molar-refractivity contribution < 1.29 is 14.7 Å². The number of nitrogens with two attached hydrogens (primary N) is 1. The predicted molar refractivity (Wildman–Crippen MR) is 68.1 cm³/mol. The maximum Gasteiger partial charge on any atom is 0.332 e. The normalized spacial score (nSPS) is 31.1. The van der Waals surface area contributed by atoms with Crippen molar-refractivity contribution in [2.24, 2.45) is 27.6 Å². The molecule has 1 fully saturated rings. The van der Waals surface area contributed by atoms with Gasteiger partial charge >= 0.3 is 12.0 Å². The Balaban J connectivity index is 3.04. The highest BCUT2D eigenvalue weighted by Crippen LogP contribution is 2.56. The molecule has 1 saturated carbocycles. The van der Waals surface area contributed by atoms with Gasteiger partial charge in [0.1, 0.15) is 0 Å². The highest BCUT2D eigenvalue weighted by Gasteiger charge is 2.55. The molecule has 0 unspecified atom stereocenters. The third-order valence-electron chi connectivity index (χ3n) is 4.66. The Morgan fingerprint density at radius 3 is 2.33 bits per heavy atom. The number of hydrogen-bond acceptors (Lipinski definition) is 3. The van der Waals surface area contributed by atoms with E-state index in [0.717, 1.165) is 6.42 Å². The van der Waals surface area contributed by atoms with Gasteiger partial charge in [-0.25, -0.2) is 10.2 Å². The number of aliphatic carboxylic acids is 1. The third kappa shape index (κ3) is 2.19. The Morgan fingerprint density at radius 2 is 1.94 bits per heavy atom. The molecule has 0 saturated heterocycles. The molecule has 0 aliphatic heterocycles. The minimum absolute atomic E-state index is 0.363. The van der Waals surface area contributed by atoms with Gasteiger partial charge in [-0.1, -0.05) is 20.8 Å². The first-order valence-electron chi connectivity index (χ1n) is 5.96. The Bertz CT molecular complexity index is 403. The summed E-state index contributed by atoms with van der Waals surface area (Å²) >= 11 is 0. The lowest BCUT2D eigenvalue weighted by molar-refractivity contribution is -0.145. The van der Waals surface area contributed by atoms with Crippen LogP contribution in [0.4, 0.5) is 4.79 Å². The number of rotatable bonds is 3. The van der Waals surface area contributed by atoms with E-state index in [0.29, 0.717) is 12.1 Å². The molecule has 0 heterocycles. The number of primary amides is 1. The first kappa shape index (κ1) is 14.5. The molecule has 2 amide bonds. The van der Waals surface area contributed by atoms with Crippen molar-refractivity contribution in [3.05, 3.63) is 0 Å². The monoisotopic (exact) mass is 255 g/mol. The lowest BCUT2D eigenvalue weighted by Gasteiger charge is -2.40. The van der Waals surface area contributed by atoms with Crippen LogP contribution < -0.4 is 11.2 Å². The van der Waals surface area contributed by atoms with Gasteiger partial charge in [-0.15, -0.1) is 0 Å². The van der Waals surface area contributed by atoms with Crippen LogP contribution in [0, 0.1) is 16.7 Å². The molecule has 0 spiro atoms. The van der Waals surface area contributed by atoms with Crippen LogP contribution in [0.1, 0.15) is 40.5 Å². The van der Waals surface area contributed by atoms with Gasteiger partial charge in [0.15, 0.2) is 0 Å². The van der Waals surface area contributed by atoms with Gasteiger partial charge in [-0.05, 0) is 25.2 Å². The van der Waals surface area contributed by atoms with Crippen LogP contribution in [0.2, 0.25) is 0 Å². The van der Waals surface area contributed by atoms with E-state index < -0.39 is 23.3 Å². The SMILES string of the molecule is C/C(=N/NC(N)=O)[C@]1(C)CC[C@H](C(=O)O)C1(C)C. The Kier molecular flexibility index (Phi) is 3.69. The second-order valence-corrected chi connectivity index (χ2v) is 5.66. The Hall–Kier alpha value is -1.59. The number of urea groups is 1. The summed E-state index contributed by atoms with van der Waals surface area (Å²) < 4.78 is 0. The molecule has 1 aliphatic rings. The summed E-state index contributed by atoms with van der Waals surface area (Å²) in [5.41, 5.74) is 7.10. The lowest BCUT2D eigenvalue weighted by atomic mass is 9.63. The van der Waals surface area contributed by atoms with Gasteiger partial charge in [-0.3, -0.25) is 4.79 Å². The van der Waals surface area contributed by atoms with Crippen LogP contribution in [0.25, 0.3) is 0 Å². The zero-order chi connectivity index (χ0) is 14.1. The number of carboxylic acids is 1. The van der Waals surface area contributed by atoms with Gasteiger partial charge in [-0.2, -0.15) is 5.10 Å². The van der Waals surface area contributed by atoms with Crippen molar-refractivity contribution in [3.63, 3.8) is 0 Å². The van der Waals surface area contributed by atoms with Crippen LogP contribution in [0.3, 0.4) is 0 Å². The highest BCUT2D eigenvalue weighted by atomic mass is 16.4. The molecule has 0 aromatic carbocycles. The van der Waals surface area contributed by atoms with Crippen LogP contribution in [-0.2, 0) is 4.79 Å². The van der Waals surface area contributed by atoms with Crippen LogP contribution >= 0.6 is 0 Å². The van der Waals surface area contributed by atoms with Crippen LogP contribution in [0.5, 0.6) is 0 Å². The predicted octanol–water partition coefficient (Wildman–Crippen LogP) is 1.56. The molecule has 0 aromatic rings. The first-order valence-corrected chi connectivity index (χ1v) is 5.96. The smallest absolute Gasteiger partial charge is 0.332 e. The van der Waals surface area contributed by atoms with Crippen molar-refractivity contribution in [1.82, 2.24) is 5.43 Å². The van der Waals surface area contributed by atoms with Crippen molar-refractivity contribution in [2.45, 2.75) is 40.5 Å². The van der Waals surface area contributed by atoms with E-state index in [2.05, 4.69) is 10.5 Å². The van der Waals surface area contributed by atoms with E-state index in [1.165, 1.54) is 0 Å². The minimum atomic E-state index is -0.778. The lowest BCUT2D eigenvalue weighted by Crippen LogP contribution is -2.42. The summed E-state index contributed by atoms with van der Waals surface area (Å²) in [4.78, 5) is 21.9. The maximum absolute atomic E-state index is 11.3. The average molecular weight is 255 g/mol. The zero-order valence-corrected chi connectivity index (χ0v) is 11.3. The molecule has 0 bridgehead atoms.